The smallest absolute Gasteiger partial charge is 0.336 e. The number of rotatable bonds is 10. The molecule has 2 aliphatic rings. The van der Waals surface area contributed by atoms with E-state index < -0.39 is 11.9 Å². The van der Waals surface area contributed by atoms with Crippen molar-refractivity contribution in [2.45, 2.75) is 51.4 Å². The molecule has 8 nitrogen and oxygen atoms in total. The molecule has 208 valence electrons. The molecule has 2 aromatic rings. The number of hydrogen-bond acceptors (Lipinski definition) is 8. The van der Waals surface area contributed by atoms with Gasteiger partial charge in [0.05, 0.1) is 46.5 Å². The van der Waals surface area contributed by atoms with Gasteiger partial charge >= 0.3 is 5.97 Å². The second-order valence-electron chi connectivity index (χ2n) is 9.70. The number of carbonyl (C=O) groups excluding carboxylic acids is 2. The molecule has 8 heteroatoms. The Hall–Kier alpha value is -3.94. The van der Waals surface area contributed by atoms with Crippen LogP contribution in [0.4, 0.5) is 0 Å². The summed E-state index contributed by atoms with van der Waals surface area (Å²) in [5, 5.41) is 3.40. The standard InChI is InChI=1S/C31H37NO7/c1-7-8-14-39-31(34)27-18(2)32-22-15-20(19-12-13-24(35-3)26(17-19)37-5)16-23(33)29(22)28(27)21-10-9-11-25(36-4)30(21)38-6/h9-13,17,20,28,32H,7-8,14-16H2,1-6H3/t20-,28+/m0/s1. The summed E-state index contributed by atoms with van der Waals surface area (Å²) in [6, 6.07) is 11.3. The van der Waals surface area contributed by atoms with Crippen LogP contribution in [0.25, 0.3) is 0 Å². The lowest BCUT2D eigenvalue weighted by Crippen LogP contribution is -2.36. The molecule has 2 atom stereocenters. The lowest BCUT2D eigenvalue weighted by molar-refractivity contribution is -0.139. The largest absolute Gasteiger partial charge is 0.493 e. The maximum atomic E-state index is 14.0. The van der Waals surface area contributed by atoms with Crippen LogP contribution in [-0.2, 0) is 14.3 Å². The van der Waals surface area contributed by atoms with Gasteiger partial charge in [-0.25, -0.2) is 4.79 Å². The molecule has 1 aliphatic carbocycles. The van der Waals surface area contributed by atoms with Crippen LogP contribution in [-0.4, -0.2) is 46.8 Å². The first-order valence-corrected chi connectivity index (χ1v) is 13.2. The molecule has 2 aromatic carbocycles. The number of ether oxygens (including phenoxy) is 5. The molecule has 1 aliphatic heterocycles. The Morgan fingerprint density at radius 1 is 0.949 bits per heavy atom. The Bertz CT molecular complexity index is 1310. The average Bonchev–Trinajstić information content (AvgIpc) is 2.95. The highest BCUT2D eigenvalue weighted by Crippen LogP contribution is 2.49. The highest BCUT2D eigenvalue weighted by atomic mass is 16.5. The molecular weight excluding hydrogens is 498 g/mol. The number of nitrogens with one attached hydrogen (secondary N) is 1. The summed E-state index contributed by atoms with van der Waals surface area (Å²) < 4.78 is 27.9. The maximum absolute atomic E-state index is 14.0. The zero-order valence-electron chi connectivity index (χ0n) is 23.5. The minimum atomic E-state index is -0.653. The first kappa shape index (κ1) is 28.1. The second kappa shape index (κ2) is 12.3. The normalized spacial score (nSPS) is 18.8. The number of esters is 1. The Morgan fingerprint density at radius 2 is 1.69 bits per heavy atom. The van der Waals surface area contributed by atoms with E-state index in [0.29, 0.717) is 58.4 Å². The van der Waals surface area contributed by atoms with Crippen molar-refractivity contribution in [1.29, 1.82) is 0 Å². The topological polar surface area (TPSA) is 92.3 Å². The summed E-state index contributed by atoms with van der Waals surface area (Å²) in [6.07, 6.45) is 2.55. The fourth-order valence-corrected chi connectivity index (χ4v) is 5.49. The van der Waals surface area contributed by atoms with Gasteiger partial charge in [-0.05, 0) is 49.4 Å². The number of carbonyl (C=O) groups is 2. The van der Waals surface area contributed by atoms with Crippen LogP contribution in [0.2, 0.25) is 0 Å². The molecule has 0 saturated heterocycles. The minimum absolute atomic E-state index is 0.0373. The van der Waals surface area contributed by atoms with Crippen molar-refractivity contribution >= 4 is 11.8 Å². The Labute approximate surface area is 229 Å². The minimum Gasteiger partial charge on any atom is -0.493 e. The van der Waals surface area contributed by atoms with Crippen LogP contribution in [0, 0.1) is 0 Å². The van der Waals surface area contributed by atoms with Crippen LogP contribution in [0.5, 0.6) is 23.0 Å². The van der Waals surface area contributed by atoms with Crippen molar-refractivity contribution < 1.29 is 33.3 Å². The maximum Gasteiger partial charge on any atom is 0.336 e. The Morgan fingerprint density at radius 3 is 2.36 bits per heavy atom. The second-order valence-corrected chi connectivity index (χ2v) is 9.70. The lowest BCUT2D eigenvalue weighted by atomic mass is 9.71. The summed E-state index contributed by atoms with van der Waals surface area (Å²) in [4.78, 5) is 27.4. The molecule has 0 amide bonds. The van der Waals surface area contributed by atoms with E-state index >= 15 is 0 Å². The number of allylic oxidation sites excluding steroid dienone is 3. The van der Waals surface area contributed by atoms with E-state index in [4.69, 9.17) is 23.7 Å². The molecule has 1 heterocycles. The van der Waals surface area contributed by atoms with Gasteiger partial charge in [0.15, 0.2) is 28.8 Å². The number of hydrogen-bond donors (Lipinski definition) is 1. The predicted octanol–water partition coefficient (Wildman–Crippen LogP) is 5.43. The fraction of sp³-hybridized carbons (Fsp3) is 0.419. The molecule has 39 heavy (non-hydrogen) atoms. The lowest BCUT2D eigenvalue weighted by Gasteiger charge is -2.37. The monoisotopic (exact) mass is 535 g/mol. The van der Waals surface area contributed by atoms with Gasteiger partial charge in [0.25, 0.3) is 0 Å². The van der Waals surface area contributed by atoms with Crippen LogP contribution in [0.1, 0.15) is 62.5 Å². The number of Topliss-reactive ketones (excluding diaryl/α,β-unsaturated/α-hetero) is 1. The molecule has 0 bridgehead atoms. The molecule has 0 unspecified atom stereocenters. The third-order valence-corrected chi connectivity index (χ3v) is 7.40. The fourth-order valence-electron chi connectivity index (χ4n) is 5.49. The number of methoxy groups -OCH3 is 4. The summed E-state index contributed by atoms with van der Waals surface area (Å²) >= 11 is 0. The van der Waals surface area contributed by atoms with Crippen LogP contribution in [0.15, 0.2) is 58.9 Å². The van der Waals surface area contributed by atoms with E-state index in [-0.39, 0.29) is 18.1 Å². The highest BCUT2D eigenvalue weighted by molar-refractivity contribution is 6.04. The highest BCUT2D eigenvalue weighted by Gasteiger charge is 2.43. The van der Waals surface area contributed by atoms with E-state index in [1.807, 2.05) is 44.2 Å². The van der Waals surface area contributed by atoms with E-state index in [2.05, 4.69) is 5.32 Å². The van der Waals surface area contributed by atoms with Crippen molar-refractivity contribution in [2.24, 2.45) is 0 Å². The molecule has 0 spiro atoms. The van der Waals surface area contributed by atoms with Crippen LogP contribution >= 0.6 is 0 Å². The average molecular weight is 536 g/mol. The SMILES string of the molecule is CCCCOC(=O)C1=C(C)NC2=C(C(=O)C[C@@H](c3ccc(OC)c(OC)c3)C2)[C@@H]1c1cccc(OC)c1OC. The third-order valence-electron chi connectivity index (χ3n) is 7.40. The summed E-state index contributed by atoms with van der Waals surface area (Å²) in [6.45, 7) is 4.21. The van der Waals surface area contributed by atoms with E-state index in [1.165, 1.54) is 0 Å². The van der Waals surface area contributed by atoms with Gasteiger partial charge in [-0.1, -0.05) is 31.5 Å². The summed E-state index contributed by atoms with van der Waals surface area (Å²) in [5.74, 6) is 1.06. The predicted molar refractivity (Wildman–Crippen MR) is 148 cm³/mol. The summed E-state index contributed by atoms with van der Waals surface area (Å²) in [7, 11) is 6.31. The number of dihydropyridines is 1. The van der Waals surface area contributed by atoms with E-state index in [1.54, 1.807) is 34.5 Å². The number of ketones is 1. The van der Waals surface area contributed by atoms with Crippen molar-refractivity contribution in [3.8, 4) is 23.0 Å². The molecule has 0 radical (unpaired) electrons. The van der Waals surface area contributed by atoms with Gasteiger partial charge in [0, 0.05) is 29.0 Å². The first-order valence-electron chi connectivity index (χ1n) is 13.2. The molecule has 0 saturated carbocycles. The third kappa shape index (κ3) is 5.46. The number of benzene rings is 2. The van der Waals surface area contributed by atoms with Gasteiger partial charge in [-0.15, -0.1) is 0 Å². The van der Waals surface area contributed by atoms with Crippen molar-refractivity contribution in [3.63, 3.8) is 0 Å². The Balaban J connectivity index is 1.81. The van der Waals surface area contributed by atoms with Gasteiger partial charge in [0.2, 0.25) is 0 Å². The Kier molecular flexibility index (Phi) is 8.84. The summed E-state index contributed by atoms with van der Waals surface area (Å²) in [5.41, 5.74) is 4.09. The molecular formula is C31H37NO7. The van der Waals surface area contributed by atoms with Crippen molar-refractivity contribution in [2.75, 3.05) is 35.0 Å². The molecule has 0 fully saturated rings. The van der Waals surface area contributed by atoms with Gasteiger partial charge in [0.1, 0.15) is 0 Å². The number of para-hydroxylation sites is 1. The zero-order valence-corrected chi connectivity index (χ0v) is 23.5. The van der Waals surface area contributed by atoms with Crippen molar-refractivity contribution in [1.82, 2.24) is 5.32 Å². The van der Waals surface area contributed by atoms with Crippen LogP contribution < -0.4 is 24.3 Å². The molecule has 1 N–H and O–H groups in total. The van der Waals surface area contributed by atoms with E-state index in [0.717, 1.165) is 24.1 Å². The zero-order chi connectivity index (χ0) is 28.1. The van der Waals surface area contributed by atoms with Gasteiger partial charge < -0.3 is 29.0 Å². The first-order chi connectivity index (χ1) is 18.9. The van der Waals surface area contributed by atoms with Crippen LogP contribution in [0.3, 0.4) is 0 Å². The van der Waals surface area contributed by atoms with Gasteiger partial charge in [-0.2, -0.15) is 0 Å². The number of unbranched alkanes of at least 4 members (excludes halogenated alkanes) is 1. The quantitative estimate of drug-likeness (QED) is 0.318. The van der Waals surface area contributed by atoms with Gasteiger partial charge in [-0.3, -0.25) is 4.79 Å². The van der Waals surface area contributed by atoms with Crippen molar-refractivity contribution in [3.05, 3.63) is 70.1 Å². The molecule has 4 rings (SSSR count). The molecule has 0 aromatic heterocycles. The van der Waals surface area contributed by atoms with E-state index in [9.17, 15) is 9.59 Å².